The van der Waals surface area contributed by atoms with Crippen molar-refractivity contribution in [2.75, 3.05) is 59.7 Å². The second-order valence-corrected chi connectivity index (χ2v) is 14.5. The molecule has 12 heteroatoms. The molecule has 1 fully saturated rings. The van der Waals surface area contributed by atoms with Crippen LogP contribution in [0.3, 0.4) is 0 Å². The van der Waals surface area contributed by atoms with Gasteiger partial charge in [0.1, 0.15) is 5.75 Å². The highest BCUT2D eigenvalue weighted by atomic mass is 16.5. The van der Waals surface area contributed by atoms with Crippen LogP contribution < -0.4 is 26.8 Å². The molecule has 0 aliphatic carbocycles. The monoisotopic (exact) mass is 677 g/mol. The Balaban J connectivity index is 2.05. The molecule has 12 nitrogen and oxygen atoms in total. The molecule has 0 aromatic heterocycles. The fraction of sp³-hybridized carbons (Fsp3) is 0.750. The second-order valence-electron chi connectivity index (χ2n) is 14.5. The van der Waals surface area contributed by atoms with Crippen molar-refractivity contribution in [3.8, 4) is 5.75 Å². The molecule has 4 atom stereocenters. The number of ether oxygens (including phenoxy) is 3. The lowest BCUT2D eigenvalue weighted by Gasteiger charge is -2.30. The van der Waals surface area contributed by atoms with Gasteiger partial charge in [-0.05, 0) is 75.0 Å². The van der Waals surface area contributed by atoms with Crippen molar-refractivity contribution in [2.45, 2.75) is 85.9 Å². The number of methoxy groups -OCH3 is 1. The van der Waals surface area contributed by atoms with Crippen LogP contribution in [0.1, 0.15) is 83.1 Å². The maximum atomic E-state index is 13.5. The van der Waals surface area contributed by atoms with E-state index in [1.165, 1.54) is 0 Å². The van der Waals surface area contributed by atoms with Crippen LogP contribution in [0.25, 0.3) is 0 Å². The molecule has 7 N–H and O–H groups in total. The number of amides is 3. The molecule has 2 rings (SSSR count). The minimum Gasteiger partial charge on any atom is -0.493 e. The lowest BCUT2D eigenvalue weighted by atomic mass is 9.83. The third-order valence-electron chi connectivity index (χ3n) is 9.35. The van der Waals surface area contributed by atoms with Gasteiger partial charge >= 0.3 is 0 Å². The first-order chi connectivity index (χ1) is 22.7. The van der Waals surface area contributed by atoms with Gasteiger partial charge < -0.3 is 41.4 Å². The normalized spacial score (nSPS) is 16.7. The number of carbonyl (C=O) groups is 3. The number of benzene rings is 1. The van der Waals surface area contributed by atoms with Crippen LogP contribution in [-0.4, -0.2) is 99.6 Å². The molecule has 274 valence electrons. The Kier molecular flexibility index (Phi) is 17.8. The summed E-state index contributed by atoms with van der Waals surface area (Å²) < 4.78 is 16.8. The Hall–Kier alpha value is -2.77. The molecule has 0 bridgehead atoms. The number of hydrogen-bond donors (Lipinski definition) is 5. The van der Waals surface area contributed by atoms with Crippen molar-refractivity contribution < 1.29 is 33.7 Å². The highest BCUT2D eigenvalue weighted by Gasteiger charge is 2.32. The Labute approximate surface area is 288 Å². The Morgan fingerprint density at radius 3 is 2.29 bits per heavy atom. The zero-order chi connectivity index (χ0) is 35.9. The molecule has 1 aromatic carbocycles. The summed E-state index contributed by atoms with van der Waals surface area (Å²) in [7, 11) is 1.68. The molecule has 1 aliphatic heterocycles. The van der Waals surface area contributed by atoms with Crippen LogP contribution in [0.4, 0.5) is 0 Å². The number of nitrogens with two attached hydrogens (primary N) is 2. The molecule has 1 heterocycles. The highest BCUT2D eigenvalue weighted by molar-refractivity contribution is 5.97. The molecule has 3 amide bonds. The van der Waals surface area contributed by atoms with Gasteiger partial charge in [-0.25, -0.2) is 0 Å². The molecule has 48 heavy (non-hydrogen) atoms. The molecule has 1 saturated heterocycles. The Morgan fingerprint density at radius 2 is 1.69 bits per heavy atom. The minimum atomic E-state index is -0.929. The number of primary amides is 1. The molecule has 0 radical (unpaired) electrons. The summed E-state index contributed by atoms with van der Waals surface area (Å²) in [5.74, 6) is -0.801. The van der Waals surface area contributed by atoms with Crippen LogP contribution in [0.15, 0.2) is 18.2 Å². The number of unbranched alkanes of at least 4 members (excludes halogenated alkanes) is 1. The topological polar surface area (TPSA) is 178 Å². The van der Waals surface area contributed by atoms with Crippen molar-refractivity contribution in [3.05, 3.63) is 29.3 Å². The number of rotatable bonds is 22. The van der Waals surface area contributed by atoms with E-state index < -0.39 is 29.4 Å². The number of nitrogens with zero attached hydrogens (tertiary/aromatic N) is 1. The Bertz CT molecular complexity index is 1140. The van der Waals surface area contributed by atoms with E-state index in [-0.39, 0.29) is 42.5 Å². The summed E-state index contributed by atoms with van der Waals surface area (Å²) in [4.78, 5) is 40.6. The molecule has 0 saturated carbocycles. The van der Waals surface area contributed by atoms with E-state index in [1.807, 2.05) is 32.0 Å². The van der Waals surface area contributed by atoms with E-state index in [1.54, 1.807) is 21.0 Å². The smallest absolute Gasteiger partial charge is 0.255 e. The molecule has 0 spiro atoms. The standard InChI is InChI=1S/C36H63N5O7/c1-24(2)27(19-30(37)31(42)20-29(25(3)4)34(44)40-23-36(5,6)35(38)45)21-39-33(43)28-11-10-26(22-41-12-16-47-17-13-41)18-32(28)48-15-9-8-14-46-7/h10-11,18,24-25,27,29-31,42H,8-9,12-17,19-23,37H2,1-7H3,(H2,38,45)(H,39,43)(H,40,44)/t27-,29+,30+,31+/m1/s1. The summed E-state index contributed by atoms with van der Waals surface area (Å²) in [5.41, 5.74) is 12.6. The first kappa shape index (κ1) is 41.4. The third kappa shape index (κ3) is 14.0. The van der Waals surface area contributed by atoms with Gasteiger partial charge in [0.25, 0.3) is 5.91 Å². The number of morpholine rings is 1. The van der Waals surface area contributed by atoms with E-state index in [4.69, 9.17) is 25.7 Å². The van der Waals surface area contributed by atoms with Crippen molar-refractivity contribution >= 4 is 17.7 Å². The zero-order valence-corrected chi connectivity index (χ0v) is 30.4. The van der Waals surface area contributed by atoms with Crippen LogP contribution in [0.2, 0.25) is 0 Å². The summed E-state index contributed by atoms with van der Waals surface area (Å²) in [6.45, 7) is 16.8. The maximum absolute atomic E-state index is 13.5. The minimum absolute atomic E-state index is 0.0136. The average Bonchev–Trinajstić information content (AvgIpc) is 3.04. The maximum Gasteiger partial charge on any atom is 0.255 e. The first-order valence-electron chi connectivity index (χ1n) is 17.5. The van der Waals surface area contributed by atoms with Gasteiger partial charge in [0.15, 0.2) is 0 Å². The molecule has 0 unspecified atom stereocenters. The van der Waals surface area contributed by atoms with Crippen molar-refractivity contribution in [1.29, 1.82) is 0 Å². The van der Waals surface area contributed by atoms with Crippen molar-refractivity contribution in [3.63, 3.8) is 0 Å². The highest BCUT2D eigenvalue weighted by Crippen LogP contribution is 2.26. The van der Waals surface area contributed by atoms with E-state index in [0.29, 0.717) is 50.7 Å². The van der Waals surface area contributed by atoms with Gasteiger partial charge in [-0.2, -0.15) is 0 Å². The van der Waals surface area contributed by atoms with Gasteiger partial charge in [0, 0.05) is 58.4 Å². The van der Waals surface area contributed by atoms with Crippen LogP contribution >= 0.6 is 0 Å². The zero-order valence-electron chi connectivity index (χ0n) is 30.4. The fourth-order valence-electron chi connectivity index (χ4n) is 5.58. The van der Waals surface area contributed by atoms with Gasteiger partial charge in [0.05, 0.1) is 36.9 Å². The number of nitrogens with one attached hydrogen (secondary N) is 2. The van der Waals surface area contributed by atoms with E-state index in [0.717, 1.165) is 38.0 Å². The van der Waals surface area contributed by atoms with E-state index in [9.17, 15) is 19.5 Å². The fourth-order valence-corrected chi connectivity index (χ4v) is 5.58. The van der Waals surface area contributed by atoms with Crippen molar-refractivity contribution in [2.24, 2.45) is 40.6 Å². The number of aliphatic hydroxyl groups is 1. The summed E-state index contributed by atoms with van der Waals surface area (Å²) in [6.07, 6.45) is 1.39. The van der Waals surface area contributed by atoms with Crippen LogP contribution in [0.5, 0.6) is 5.75 Å². The lowest BCUT2D eigenvalue weighted by Crippen LogP contribution is -2.47. The number of carbonyl (C=O) groups excluding carboxylic acids is 3. The van der Waals surface area contributed by atoms with Crippen LogP contribution in [-0.2, 0) is 25.6 Å². The number of aliphatic hydroxyl groups excluding tert-OH is 1. The van der Waals surface area contributed by atoms with Gasteiger partial charge in [-0.15, -0.1) is 0 Å². The molecular weight excluding hydrogens is 614 g/mol. The third-order valence-corrected chi connectivity index (χ3v) is 9.35. The van der Waals surface area contributed by atoms with Gasteiger partial charge in [0.2, 0.25) is 11.8 Å². The molecule has 1 aliphatic rings. The van der Waals surface area contributed by atoms with Crippen LogP contribution in [0, 0.1) is 29.1 Å². The van der Waals surface area contributed by atoms with Gasteiger partial charge in [-0.3, -0.25) is 19.3 Å². The largest absolute Gasteiger partial charge is 0.493 e. The summed E-state index contributed by atoms with van der Waals surface area (Å²) in [6, 6.07) is 5.17. The second kappa shape index (κ2) is 20.7. The Morgan fingerprint density at radius 1 is 1.02 bits per heavy atom. The molecular formula is C36H63N5O7. The quantitative estimate of drug-likeness (QED) is 0.115. The van der Waals surface area contributed by atoms with Crippen molar-refractivity contribution in [1.82, 2.24) is 15.5 Å². The average molecular weight is 678 g/mol. The summed E-state index contributed by atoms with van der Waals surface area (Å²) >= 11 is 0. The molecule has 1 aromatic rings. The first-order valence-corrected chi connectivity index (χ1v) is 17.5. The SMILES string of the molecule is COCCCCOc1cc(CN2CCOCC2)ccc1C(=O)NC[C@@H](C[C@H](N)[C@@H](O)C[C@H](C(=O)NCC(C)(C)C(N)=O)C(C)C)C(C)C. The predicted octanol–water partition coefficient (Wildman–Crippen LogP) is 2.69. The predicted molar refractivity (Wildman–Crippen MR) is 187 cm³/mol. The van der Waals surface area contributed by atoms with E-state index in [2.05, 4.69) is 29.4 Å². The van der Waals surface area contributed by atoms with E-state index >= 15 is 0 Å². The number of hydrogen-bond acceptors (Lipinski definition) is 9. The summed E-state index contributed by atoms with van der Waals surface area (Å²) in [5, 5.41) is 17.0. The lowest BCUT2D eigenvalue weighted by molar-refractivity contribution is -0.130. The van der Waals surface area contributed by atoms with Gasteiger partial charge in [-0.1, -0.05) is 33.8 Å².